The average Bonchev–Trinajstić information content (AvgIpc) is 3.39. The maximum absolute atomic E-state index is 13.2. The molecule has 1 aromatic carbocycles. The highest BCUT2D eigenvalue weighted by atomic mass is 32.2. The Labute approximate surface area is 186 Å². The Balaban J connectivity index is 1.94. The molecule has 0 radical (unpaired) electrons. The van der Waals surface area contributed by atoms with Gasteiger partial charge in [-0.25, -0.2) is 4.98 Å². The lowest BCUT2D eigenvalue weighted by Gasteiger charge is -2.15. The minimum atomic E-state index is -4.71. The number of hydrogen-bond donors (Lipinski definition) is 2. The zero-order valence-corrected chi connectivity index (χ0v) is 18.5. The van der Waals surface area contributed by atoms with E-state index in [2.05, 4.69) is 25.7 Å². The van der Waals surface area contributed by atoms with Crippen LogP contribution < -0.4 is 10.6 Å². The molecule has 0 bridgehead atoms. The van der Waals surface area contributed by atoms with E-state index in [1.165, 1.54) is 17.1 Å². The number of anilines is 1. The zero-order valence-electron chi connectivity index (χ0n) is 16.9. The fourth-order valence-corrected chi connectivity index (χ4v) is 3.93. The number of thiazole rings is 1. The third kappa shape index (κ3) is 4.94. The summed E-state index contributed by atoms with van der Waals surface area (Å²) >= 11 is 1.06. The number of carbonyl (C=O) groups is 1. The van der Waals surface area contributed by atoms with Crippen molar-refractivity contribution in [2.45, 2.75) is 24.0 Å². The number of nitrogens with one attached hydrogen (secondary N) is 2. The average molecular weight is 484 g/mol. The maximum Gasteiger partial charge on any atom is 0.416 e. The molecule has 9 nitrogen and oxygen atoms in total. The van der Waals surface area contributed by atoms with Crippen molar-refractivity contribution in [1.82, 2.24) is 25.1 Å². The first-order valence-corrected chi connectivity index (χ1v) is 11.3. The van der Waals surface area contributed by atoms with Crippen molar-refractivity contribution in [2.24, 2.45) is 0 Å². The third-order valence-corrected chi connectivity index (χ3v) is 5.98. The lowest BCUT2D eigenvalue weighted by molar-refractivity contribution is -0.137. The number of halogens is 3. The highest BCUT2D eigenvalue weighted by Gasteiger charge is 2.32. The van der Waals surface area contributed by atoms with Crippen LogP contribution in [0.2, 0.25) is 0 Å². The van der Waals surface area contributed by atoms with Gasteiger partial charge in [-0.2, -0.15) is 28.1 Å². The molecule has 0 spiro atoms. The van der Waals surface area contributed by atoms with E-state index >= 15 is 0 Å². The molecule has 14 heteroatoms. The Kier molecular flexibility index (Phi) is 6.60. The van der Waals surface area contributed by atoms with Gasteiger partial charge < -0.3 is 10.6 Å². The summed E-state index contributed by atoms with van der Waals surface area (Å²) in [5.74, 6) is -0.349. The highest BCUT2D eigenvalue weighted by molar-refractivity contribution is 7.84. The van der Waals surface area contributed by atoms with Crippen LogP contribution in [0.3, 0.4) is 0 Å². The summed E-state index contributed by atoms with van der Waals surface area (Å²) in [4.78, 5) is 21.4. The molecule has 0 saturated heterocycles. The smallest absolute Gasteiger partial charge is 0.356 e. The van der Waals surface area contributed by atoms with Crippen LogP contribution in [0.4, 0.5) is 19.1 Å². The van der Waals surface area contributed by atoms with Gasteiger partial charge in [0.1, 0.15) is 10.9 Å². The summed E-state index contributed by atoms with van der Waals surface area (Å²) in [5.41, 5.74) is -1.37. The second-order valence-electron chi connectivity index (χ2n) is 6.47. The number of amides is 1. The number of hydrogen-bond acceptors (Lipinski definition) is 8. The number of nitrogens with zero attached hydrogens (tertiary/aromatic N) is 5. The van der Waals surface area contributed by atoms with Gasteiger partial charge in [0.15, 0.2) is 5.82 Å². The molecule has 2 N–H and O–H groups in total. The molecule has 168 valence electrons. The topological polar surface area (TPSA) is 126 Å². The number of rotatable bonds is 6. The summed E-state index contributed by atoms with van der Waals surface area (Å²) in [6.07, 6.45) is -2.12. The Hall–Kier alpha value is -3.31. The normalized spacial score (nSPS) is 13.3. The lowest BCUT2D eigenvalue weighted by Crippen LogP contribution is -2.29. The first-order valence-electron chi connectivity index (χ1n) is 8.91. The molecule has 32 heavy (non-hydrogen) atoms. The van der Waals surface area contributed by atoms with E-state index in [0.717, 1.165) is 23.5 Å². The van der Waals surface area contributed by atoms with Crippen LogP contribution in [0, 0.1) is 11.3 Å². The van der Waals surface area contributed by atoms with E-state index in [0.29, 0.717) is 16.1 Å². The predicted octanol–water partition coefficient (Wildman–Crippen LogP) is 2.88. The van der Waals surface area contributed by atoms with E-state index in [-0.39, 0.29) is 22.2 Å². The predicted molar refractivity (Wildman–Crippen MR) is 111 cm³/mol. The minimum Gasteiger partial charge on any atom is -0.356 e. The summed E-state index contributed by atoms with van der Waals surface area (Å²) < 4.78 is 52.8. The molecule has 1 amide bonds. The van der Waals surface area contributed by atoms with E-state index in [1.54, 1.807) is 14.0 Å². The van der Waals surface area contributed by atoms with Crippen molar-refractivity contribution in [3.05, 3.63) is 46.2 Å². The molecule has 1 unspecified atom stereocenters. The molecule has 0 aliphatic rings. The van der Waals surface area contributed by atoms with Gasteiger partial charge in [0.2, 0.25) is 11.1 Å². The summed E-state index contributed by atoms with van der Waals surface area (Å²) in [7, 11) is -0.135. The van der Waals surface area contributed by atoms with Gasteiger partial charge in [0.25, 0.3) is 5.91 Å². The molecule has 2 aromatic heterocycles. The SMILES string of the molecule is CNc1nc([C@H](C)NC(=O)c2cc(S(C)=O)cc(C(F)(F)F)c2)n(-c2ncc(C#N)s2)n1. The Bertz CT molecular complexity index is 1230. The maximum atomic E-state index is 13.2. The quantitative estimate of drug-likeness (QED) is 0.552. The van der Waals surface area contributed by atoms with Crippen LogP contribution in [0.1, 0.15) is 39.6 Å². The zero-order chi connectivity index (χ0) is 23.6. The number of nitriles is 1. The fraction of sp³-hybridized carbons (Fsp3) is 0.278. The van der Waals surface area contributed by atoms with Crippen LogP contribution in [0.15, 0.2) is 29.3 Å². The van der Waals surface area contributed by atoms with Crippen molar-refractivity contribution in [3.8, 4) is 11.2 Å². The number of benzene rings is 1. The van der Waals surface area contributed by atoms with Crippen LogP contribution in [-0.4, -0.2) is 43.2 Å². The van der Waals surface area contributed by atoms with Crippen LogP contribution in [-0.2, 0) is 17.0 Å². The van der Waals surface area contributed by atoms with Crippen molar-refractivity contribution in [2.75, 3.05) is 18.6 Å². The third-order valence-electron chi connectivity index (χ3n) is 4.20. The standard InChI is InChI=1S/C18H16F3N7O2S2/c1-9(14-26-16(23-2)27-28(14)17-24-8-12(7-22)31-17)25-15(29)10-4-11(18(19,20)21)6-13(5-10)32(3)30/h4-6,8-9H,1-3H3,(H,23,27)(H,25,29)/t9-,32?/m0/s1. The van der Waals surface area contributed by atoms with E-state index in [9.17, 15) is 22.2 Å². The largest absolute Gasteiger partial charge is 0.416 e. The first-order chi connectivity index (χ1) is 15.0. The summed E-state index contributed by atoms with van der Waals surface area (Å²) in [6, 6.07) is 3.77. The number of carbonyl (C=O) groups excluding carboxylic acids is 1. The molecule has 0 saturated carbocycles. The Morgan fingerprint density at radius 2 is 2.06 bits per heavy atom. The van der Waals surface area contributed by atoms with Crippen LogP contribution in [0.5, 0.6) is 0 Å². The highest BCUT2D eigenvalue weighted by Crippen LogP contribution is 2.31. The molecular weight excluding hydrogens is 467 g/mol. The van der Waals surface area contributed by atoms with Gasteiger partial charge in [0.05, 0.1) is 17.8 Å². The Morgan fingerprint density at radius 3 is 2.62 bits per heavy atom. The minimum absolute atomic E-state index is 0.120. The second-order valence-corrected chi connectivity index (χ2v) is 8.86. The lowest BCUT2D eigenvalue weighted by atomic mass is 10.1. The monoisotopic (exact) mass is 483 g/mol. The number of alkyl halides is 3. The molecule has 2 heterocycles. The van der Waals surface area contributed by atoms with E-state index in [4.69, 9.17) is 5.26 Å². The van der Waals surface area contributed by atoms with Crippen LogP contribution in [0.25, 0.3) is 5.13 Å². The van der Waals surface area contributed by atoms with Gasteiger partial charge in [-0.3, -0.25) is 9.00 Å². The molecule has 0 aliphatic carbocycles. The molecule has 3 aromatic rings. The summed E-state index contributed by atoms with van der Waals surface area (Å²) in [5, 5.41) is 18.9. The van der Waals surface area contributed by atoms with Crippen LogP contribution >= 0.6 is 11.3 Å². The van der Waals surface area contributed by atoms with Gasteiger partial charge in [-0.05, 0) is 25.1 Å². The van der Waals surface area contributed by atoms with Crippen molar-refractivity contribution in [1.29, 1.82) is 5.26 Å². The van der Waals surface area contributed by atoms with E-state index < -0.39 is 34.5 Å². The van der Waals surface area contributed by atoms with Crippen molar-refractivity contribution >= 4 is 34.0 Å². The van der Waals surface area contributed by atoms with Gasteiger partial charge >= 0.3 is 6.18 Å². The fourth-order valence-electron chi connectivity index (χ4n) is 2.67. The molecular formula is C18H16F3N7O2S2. The van der Waals surface area contributed by atoms with Crippen molar-refractivity contribution in [3.63, 3.8) is 0 Å². The van der Waals surface area contributed by atoms with E-state index in [1.807, 2.05) is 6.07 Å². The van der Waals surface area contributed by atoms with Gasteiger partial charge in [-0.1, -0.05) is 11.3 Å². The van der Waals surface area contributed by atoms with Gasteiger partial charge in [0, 0.05) is 34.6 Å². The molecule has 3 rings (SSSR count). The summed E-state index contributed by atoms with van der Waals surface area (Å²) in [6.45, 7) is 1.57. The molecule has 0 aliphatic heterocycles. The molecule has 2 atom stereocenters. The first kappa shape index (κ1) is 23.4. The molecule has 0 fully saturated rings. The number of aromatic nitrogens is 4. The Morgan fingerprint density at radius 1 is 1.34 bits per heavy atom. The van der Waals surface area contributed by atoms with Gasteiger partial charge in [-0.15, -0.1) is 5.10 Å². The van der Waals surface area contributed by atoms with Crippen molar-refractivity contribution < 1.29 is 22.2 Å². The second kappa shape index (κ2) is 9.05.